The molecule has 96 valence electrons. The monoisotopic (exact) mass is 289 g/mol. The molecule has 0 atom stereocenters. The van der Waals surface area contributed by atoms with Crippen molar-refractivity contribution in [1.82, 2.24) is 0 Å². The molecule has 5 heteroatoms. The van der Waals surface area contributed by atoms with Crippen LogP contribution in [0.25, 0.3) is 4.85 Å². The van der Waals surface area contributed by atoms with Crippen LogP contribution in [-0.4, -0.2) is 11.6 Å². The third-order valence-electron chi connectivity index (χ3n) is 2.57. The molecule has 2 aromatic heterocycles. The Morgan fingerprint density at radius 1 is 1.05 bits per heavy atom. The zero-order valence-corrected chi connectivity index (χ0v) is 11.9. The first-order valence-electron chi connectivity index (χ1n) is 5.70. The number of aryl methyl sites for hydroxylation is 1. The molecule has 0 aliphatic carbocycles. The molecule has 0 aliphatic heterocycles. The molecule has 0 unspecified atom stereocenters. The van der Waals surface area contributed by atoms with Gasteiger partial charge in [0.05, 0.1) is 16.3 Å². The lowest BCUT2D eigenvalue weighted by molar-refractivity contribution is 0.0921. The Hall–Kier alpha value is -1.77. The number of carbonyl (C=O) groups is 2. The Bertz CT molecular complexity index is 661. The molecular weight excluding hydrogens is 278 g/mol. The fourth-order valence-electron chi connectivity index (χ4n) is 1.60. The second-order valence-corrected chi connectivity index (χ2v) is 6.36. The van der Waals surface area contributed by atoms with Crippen molar-refractivity contribution in [2.24, 2.45) is 0 Å². The van der Waals surface area contributed by atoms with Gasteiger partial charge in [0, 0.05) is 17.7 Å². The van der Waals surface area contributed by atoms with Gasteiger partial charge in [-0.3, -0.25) is 9.59 Å². The molecule has 19 heavy (non-hydrogen) atoms. The molecule has 2 aromatic rings. The van der Waals surface area contributed by atoms with Crippen molar-refractivity contribution < 1.29 is 9.59 Å². The van der Waals surface area contributed by atoms with Crippen LogP contribution in [0.15, 0.2) is 24.3 Å². The van der Waals surface area contributed by atoms with Crippen LogP contribution < -0.4 is 0 Å². The highest BCUT2D eigenvalue weighted by Crippen LogP contribution is 2.26. The predicted octanol–water partition coefficient (Wildman–Crippen LogP) is 4.51. The summed E-state index contributed by atoms with van der Waals surface area (Å²) in [5.74, 6) is -0.0602. The number of ketones is 2. The Morgan fingerprint density at radius 3 is 2.11 bits per heavy atom. The minimum atomic E-state index is -0.0680. The lowest BCUT2D eigenvalue weighted by Gasteiger charge is -1.97. The van der Waals surface area contributed by atoms with Crippen molar-refractivity contribution in [2.45, 2.75) is 19.8 Å². The first-order valence-corrected chi connectivity index (χ1v) is 7.33. The van der Waals surface area contributed by atoms with Gasteiger partial charge in [-0.25, -0.2) is 4.85 Å². The maximum Gasteiger partial charge on any atom is 0.241 e. The van der Waals surface area contributed by atoms with Crippen LogP contribution in [-0.2, 0) is 0 Å². The van der Waals surface area contributed by atoms with E-state index in [1.165, 1.54) is 22.7 Å². The van der Waals surface area contributed by atoms with E-state index in [4.69, 9.17) is 6.57 Å². The van der Waals surface area contributed by atoms with Gasteiger partial charge in [0.2, 0.25) is 5.00 Å². The summed E-state index contributed by atoms with van der Waals surface area (Å²) in [5, 5.41) is 0.503. The lowest BCUT2D eigenvalue weighted by Crippen LogP contribution is -2.02. The van der Waals surface area contributed by atoms with Gasteiger partial charge in [0.15, 0.2) is 11.6 Å². The quantitative estimate of drug-likeness (QED) is 0.600. The molecule has 2 rings (SSSR count). The van der Waals surface area contributed by atoms with Crippen LogP contribution in [0.1, 0.15) is 37.1 Å². The molecule has 0 spiro atoms. The molecule has 0 fully saturated rings. The summed E-state index contributed by atoms with van der Waals surface area (Å²) in [6, 6.07) is 6.99. The number of hydrogen-bond acceptors (Lipinski definition) is 4. The molecule has 2 heterocycles. The summed E-state index contributed by atoms with van der Waals surface area (Å²) in [6.45, 7) is 8.80. The summed E-state index contributed by atoms with van der Waals surface area (Å²) in [5.41, 5.74) is 0. The van der Waals surface area contributed by atoms with Crippen molar-refractivity contribution >= 4 is 39.2 Å². The van der Waals surface area contributed by atoms with Crippen molar-refractivity contribution in [3.63, 3.8) is 0 Å². The molecule has 0 radical (unpaired) electrons. The number of nitrogens with zero attached hydrogens (tertiary/aromatic N) is 1. The molecule has 0 amide bonds. The van der Waals surface area contributed by atoms with Crippen LogP contribution in [0.5, 0.6) is 0 Å². The average molecular weight is 289 g/mol. The van der Waals surface area contributed by atoms with Crippen LogP contribution in [0, 0.1) is 13.5 Å². The van der Waals surface area contributed by atoms with Gasteiger partial charge in [0.25, 0.3) is 0 Å². The first kappa shape index (κ1) is 13.7. The Kier molecular flexibility index (Phi) is 4.25. The summed E-state index contributed by atoms with van der Waals surface area (Å²) in [7, 11) is 0. The van der Waals surface area contributed by atoms with Crippen LogP contribution >= 0.6 is 22.7 Å². The molecule has 3 nitrogen and oxygen atoms in total. The minimum Gasteiger partial charge on any atom is -0.293 e. The third kappa shape index (κ3) is 3.37. The fraction of sp³-hybridized carbons (Fsp3) is 0.214. The fourth-order valence-corrected chi connectivity index (χ4v) is 3.19. The Morgan fingerprint density at radius 2 is 1.63 bits per heavy atom. The van der Waals surface area contributed by atoms with Crippen LogP contribution in [0.2, 0.25) is 0 Å². The maximum absolute atomic E-state index is 11.9. The second kappa shape index (κ2) is 5.91. The Balaban J connectivity index is 1.94. The molecule has 0 aromatic carbocycles. The first-order chi connectivity index (χ1) is 9.10. The highest BCUT2D eigenvalue weighted by Gasteiger charge is 2.13. The minimum absolute atomic E-state index is 0.00779. The lowest BCUT2D eigenvalue weighted by atomic mass is 10.1. The number of carbonyl (C=O) groups excluding carboxylic acids is 2. The number of rotatable bonds is 5. The van der Waals surface area contributed by atoms with Crippen molar-refractivity contribution in [3.05, 3.63) is 50.3 Å². The summed E-state index contributed by atoms with van der Waals surface area (Å²) in [6.07, 6.45) is 0.428. The smallest absolute Gasteiger partial charge is 0.241 e. The largest absolute Gasteiger partial charge is 0.293 e. The molecule has 0 aliphatic rings. The van der Waals surface area contributed by atoms with Gasteiger partial charge in [-0.2, -0.15) is 11.3 Å². The van der Waals surface area contributed by atoms with E-state index < -0.39 is 0 Å². The van der Waals surface area contributed by atoms with Crippen LogP contribution in [0.3, 0.4) is 0 Å². The normalized spacial score (nSPS) is 10.1. The van der Waals surface area contributed by atoms with Gasteiger partial charge in [0.1, 0.15) is 0 Å². The standard InChI is InChI=1S/C14H11NO2S2/c1-9-3-6-12(18-9)10(16)4-5-11(17)13-7-8-14(15-2)19-13/h3,6-8H,4-5H2,1H3. The number of hydrogen-bond donors (Lipinski definition) is 0. The Labute approximate surface area is 119 Å². The van der Waals surface area contributed by atoms with Gasteiger partial charge in [-0.1, -0.05) is 6.07 Å². The predicted molar refractivity (Wildman–Crippen MR) is 77.5 cm³/mol. The SMILES string of the molecule is [C-]#[N+]c1ccc(C(=O)CCC(=O)c2ccc(C)s2)s1. The molecule has 0 bridgehead atoms. The summed E-state index contributed by atoms with van der Waals surface area (Å²) >= 11 is 2.63. The van der Waals surface area contributed by atoms with Gasteiger partial charge in [-0.05, 0) is 25.1 Å². The summed E-state index contributed by atoms with van der Waals surface area (Å²) < 4.78 is 0. The van der Waals surface area contributed by atoms with Crippen molar-refractivity contribution in [3.8, 4) is 0 Å². The van der Waals surface area contributed by atoms with E-state index in [0.717, 1.165) is 4.88 Å². The number of Topliss-reactive ketones (excluding diaryl/α,β-unsaturated/α-hetero) is 2. The average Bonchev–Trinajstić information content (AvgIpc) is 3.04. The highest BCUT2D eigenvalue weighted by molar-refractivity contribution is 7.18. The zero-order chi connectivity index (χ0) is 13.8. The van der Waals surface area contributed by atoms with Gasteiger partial charge < -0.3 is 0 Å². The molecular formula is C14H11NO2S2. The molecule has 0 N–H and O–H groups in total. The van der Waals surface area contributed by atoms with E-state index in [2.05, 4.69) is 4.85 Å². The number of thiophene rings is 2. The van der Waals surface area contributed by atoms with E-state index in [0.29, 0.717) is 14.8 Å². The van der Waals surface area contributed by atoms with Crippen LogP contribution in [0.4, 0.5) is 5.00 Å². The maximum atomic E-state index is 11.9. The zero-order valence-electron chi connectivity index (χ0n) is 10.3. The van der Waals surface area contributed by atoms with E-state index in [9.17, 15) is 9.59 Å². The van der Waals surface area contributed by atoms with E-state index >= 15 is 0 Å². The highest BCUT2D eigenvalue weighted by atomic mass is 32.1. The third-order valence-corrected chi connectivity index (χ3v) is 4.63. The second-order valence-electron chi connectivity index (χ2n) is 4.01. The molecule has 0 saturated heterocycles. The van der Waals surface area contributed by atoms with E-state index in [-0.39, 0.29) is 24.4 Å². The topological polar surface area (TPSA) is 38.5 Å². The van der Waals surface area contributed by atoms with Crippen molar-refractivity contribution in [1.29, 1.82) is 0 Å². The molecule has 0 saturated carbocycles. The van der Waals surface area contributed by atoms with E-state index in [1.807, 2.05) is 13.0 Å². The van der Waals surface area contributed by atoms with Crippen molar-refractivity contribution in [2.75, 3.05) is 0 Å². The van der Waals surface area contributed by atoms with Gasteiger partial charge in [-0.15, -0.1) is 11.3 Å². The summed E-state index contributed by atoms with van der Waals surface area (Å²) in [4.78, 5) is 29.4. The van der Waals surface area contributed by atoms with Gasteiger partial charge >= 0.3 is 0 Å². The van der Waals surface area contributed by atoms with E-state index in [1.54, 1.807) is 18.2 Å².